The fourth-order valence-electron chi connectivity index (χ4n) is 3.96. The molecule has 3 rings (SSSR count). The molecule has 1 aliphatic heterocycles. The maximum absolute atomic E-state index is 12.4. The number of benzene rings is 2. The summed E-state index contributed by atoms with van der Waals surface area (Å²) in [5, 5.41) is 3.09. The number of nitrogens with zero attached hydrogens (tertiary/aromatic N) is 2. The lowest BCUT2D eigenvalue weighted by atomic mass is 10.0. The molecule has 1 saturated heterocycles. The highest BCUT2D eigenvalue weighted by molar-refractivity contribution is 5.78. The normalized spacial score (nSPS) is 16.0. The Kier molecular flexibility index (Phi) is 8.32. The molecule has 2 aromatic rings. The molecule has 1 fully saturated rings. The van der Waals surface area contributed by atoms with Crippen LogP contribution in [-0.4, -0.2) is 69.2 Å². The van der Waals surface area contributed by atoms with Crippen molar-refractivity contribution in [3.63, 3.8) is 0 Å². The van der Waals surface area contributed by atoms with Crippen LogP contribution in [0.25, 0.3) is 0 Å². The highest BCUT2D eigenvalue weighted by atomic mass is 16.5. The van der Waals surface area contributed by atoms with Crippen LogP contribution in [0.4, 0.5) is 0 Å². The van der Waals surface area contributed by atoms with Crippen LogP contribution in [0.2, 0.25) is 0 Å². The van der Waals surface area contributed by atoms with E-state index in [0.717, 1.165) is 44.2 Å². The van der Waals surface area contributed by atoms with Crippen LogP contribution >= 0.6 is 0 Å². The second-order valence-corrected chi connectivity index (χ2v) is 8.30. The number of aryl methyl sites for hydroxylation is 1. The van der Waals surface area contributed by atoms with Crippen molar-refractivity contribution in [2.24, 2.45) is 0 Å². The minimum Gasteiger partial charge on any atom is -0.493 e. The first-order chi connectivity index (χ1) is 15.0. The van der Waals surface area contributed by atoms with Gasteiger partial charge in [0.2, 0.25) is 5.91 Å². The topological polar surface area (TPSA) is 54.0 Å². The number of nitrogens with one attached hydrogen (secondary N) is 1. The van der Waals surface area contributed by atoms with E-state index in [1.165, 1.54) is 16.7 Å². The molecule has 2 aromatic carbocycles. The summed E-state index contributed by atoms with van der Waals surface area (Å²) < 4.78 is 10.8. The molecule has 1 N–H and O–H groups in total. The molecule has 31 heavy (non-hydrogen) atoms. The van der Waals surface area contributed by atoms with Crippen molar-refractivity contribution < 1.29 is 14.3 Å². The predicted octanol–water partition coefficient (Wildman–Crippen LogP) is 3.05. The van der Waals surface area contributed by atoms with Gasteiger partial charge in [-0.1, -0.05) is 37.3 Å². The lowest BCUT2D eigenvalue weighted by Gasteiger charge is -2.34. The molecule has 6 heteroatoms. The predicted molar refractivity (Wildman–Crippen MR) is 124 cm³/mol. The van der Waals surface area contributed by atoms with Crippen molar-refractivity contribution in [2.45, 2.75) is 26.3 Å². The molecule has 0 spiro atoms. The van der Waals surface area contributed by atoms with E-state index in [-0.39, 0.29) is 5.91 Å². The number of hydrogen-bond donors (Lipinski definition) is 1. The van der Waals surface area contributed by atoms with Gasteiger partial charge in [0.1, 0.15) is 0 Å². The van der Waals surface area contributed by atoms with Gasteiger partial charge < -0.3 is 14.8 Å². The summed E-state index contributed by atoms with van der Waals surface area (Å²) in [5.41, 5.74) is 3.70. The van der Waals surface area contributed by atoms with E-state index in [1.54, 1.807) is 14.2 Å². The van der Waals surface area contributed by atoms with Crippen LogP contribution in [0.5, 0.6) is 11.5 Å². The minimum absolute atomic E-state index is 0.104. The van der Waals surface area contributed by atoms with Gasteiger partial charge in [0.15, 0.2) is 11.5 Å². The smallest absolute Gasteiger partial charge is 0.234 e. The first kappa shape index (κ1) is 23.1. The summed E-state index contributed by atoms with van der Waals surface area (Å²) in [7, 11) is 3.33. The van der Waals surface area contributed by atoms with E-state index in [2.05, 4.69) is 47.2 Å². The maximum atomic E-state index is 12.4. The Morgan fingerprint density at radius 3 is 2.26 bits per heavy atom. The minimum atomic E-state index is 0.104. The van der Waals surface area contributed by atoms with Crippen molar-refractivity contribution >= 4 is 5.91 Å². The Labute approximate surface area is 186 Å². The van der Waals surface area contributed by atoms with Crippen molar-refractivity contribution in [3.05, 3.63) is 59.2 Å². The number of carbonyl (C=O) groups excluding carboxylic acids is 1. The Balaban J connectivity index is 1.43. The number of rotatable bonds is 9. The molecule has 6 nitrogen and oxygen atoms in total. The zero-order valence-electron chi connectivity index (χ0n) is 19.2. The van der Waals surface area contributed by atoms with E-state index in [0.29, 0.717) is 19.0 Å². The van der Waals surface area contributed by atoms with Crippen LogP contribution in [0.3, 0.4) is 0 Å². The molecule has 1 aliphatic rings. The Morgan fingerprint density at radius 1 is 1.00 bits per heavy atom. The van der Waals surface area contributed by atoms with Crippen LogP contribution in [-0.2, 0) is 11.3 Å². The van der Waals surface area contributed by atoms with Gasteiger partial charge in [-0.05, 0) is 41.7 Å². The number of methoxy groups -OCH3 is 2. The average molecular weight is 426 g/mol. The van der Waals surface area contributed by atoms with Crippen LogP contribution in [0.15, 0.2) is 42.5 Å². The molecule has 0 bridgehead atoms. The number of piperazine rings is 1. The molecule has 0 aliphatic carbocycles. The third-order valence-corrected chi connectivity index (χ3v) is 6.04. The summed E-state index contributed by atoms with van der Waals surface area (Å²) in [6, 6.07) is 14.4. The largest absolute Gasteiger partial charge is 0.493 e. The third kappa shape index (κ3) is 6.45. The van der Waals surface area contributed by atoms with Crippen LogP contribution < -0.4 is 14.8 Å². The van der Waals surface area contributed by atoms with Gasteiger partial charge in [-0.15, -0.1) is 0 Å². The zero-order chi connectivity index (χ0) is 22.2. The summed E-state index contributed by atoms with van der Waals surface area (Å²) in [6.07, 6.45) is 0. The first-order valence-electron chi connectivity index (χ1n) is 11.0. The number of amides is 1. The number of ether oxygens (including phenoxy) is 2. The second-order valence-electron chi connectivity index (χ2n) is 8.30. The molecule has 1 atom stereocenters. The van der Waals surface area contributed by atoms with E-state index in [4.69, 9.17) is 9.47 Å². The SMILES string of the molecule is COc1cc(C)c(CN2CCN(CC(=O)NC[C@@H](C)c3ccccc3)CC2)cc1OC. The summed E-state index contributed by atoms with van der Waals surface area (Å²) in [6.45, 7) is 9.94. The summed E-state index contributed by atoms with van der Waals surface area (Å²) >= 11 is 0. The highest BCUT2D eigenvalue weighted by Crippen LogP contribution is 2.31. The molecule has 1 heterocycles. The first-order valence-corrected chi connectivity index (χ1v) is 11.0. The van der Waals surface area contributed by atoms with Gasteiger partial charge in [0.25, 0.3) is 0 Å². The summed E-state index contributed by atoms with van der Waals surface area (Å²) in [4.78, 5) is 17.1. The van der Waals surface area contributed by atoms with Gasteiger partial charge in [-0.2, -0.15) is 0 Å². The molecule has 0 aromatic heterocycles. The Bertz CT molecular complexity index is 849. The van der Waals surface area contributed by atoms with Crippen molar-refractivity contribution in [1.29, 1.82) is 0 Å². The Hall–Kier alpha value is -2.57. The number of hydrogen-bond acceptors (Lipinski definition) is 5. The fourth-order valence-corrected chi connectivity index (χ4v) is 3.96. The molecular formula is C25H35N3O3. The van der Waals surface area contributed by atoms with Gasteiger partial charge in [-0.25, -0.2) is 0 Å². The van der Waals surface area contributed by atoms with Crippen molar-refractivity contribution in [1.82, 2.24) is 15.1 Å². The monoisotopic (exact) mass is 425 g/mol. The molecular weight excluding hydrogens is 390 g/mol. The number of carbonyl (C=O) groups is 1. The maximum Gasteiger partial charge on any atom is 0.234 e. The van der Waals surface area contributed by atoms with Gasteiger partial charge in [-0.3, -0.25) is 14.6 Å². The Morgan fingerprint density at radius 2 is 1.61 bits per heavy atom. The van der Waals surface area contributed by atoms with Crippen molar-refractivity contribution in [3.8, 4) is 11.5 Å². The molecule has 1 amide bonds. The fraction of sp³-hybridized carbons (Fsp3) is 0.480. The van der Waals surface area contributed by atoms with E-state index in [1.807, 2.05) is 24.3 Å². The molecule has 0 unspecified atom stereocenters. The standard InChI is InChI=1S/C25H35N3O3/c1-19-14-23(30-3)24(31-4)15-22(19)17-27-10-12-28(13-11-27)18-25(29)26-16-20(2)21-8-6-5-7-9-21/h5-9,14-15,20H,10-13,16-18H2,1-4H3,(H,26,29)/t20-/m1/s1. The lowest BCUT2D eigenvalue weighted by Crippen LogP contribution is -2.49. The summed E-state index contributed by atoms with van der Waals surface area (Å²) in [5.74, 6) is 1.95. The zero-order valence-corrected chi connectivity index (χ0v) is 19.2. The quantitative estimate of drug-likeness (QED) is 0.669. The molecule has 168 valence electrons. The molecule has 0 saturated carbocycles. The van der Waals surface area contributed by atoms with Crippen LogP contribution in [0, 0.1) is 6.92 Å². The van der Waals surface area contributed by atoms with Crippen molar-refractivity contribution in [2.75, 3.05) is 53.5 Å². The average Bonchev–Trinajstić information content (AvgIpc) is 2.80. The van der Waals surface area contributed by atoms with Gasteiger partial charge in [0.05, 0.1) is 20.8 Å². The van der Waals surface area contributed by atoms with Crippen LogP contribution in [0.1, 0.15) is 29.5 Å². The van der Waals surface area contributed by atoms with Gasteiger partial charge in [0, 0.05) is 39.3 Å². The van der Waals surface area contributed by atoms with Gasteiger partial charge >= 0.3 is 0 Å². The second kappa shape index (κ2) is 11.2. The van der Waals surface area contributed by atoms with E-state index < -0.39 is 0 Å². The van der Waals surface area contributed by atoms with E-state index in [9.17, 15) is 4.79 Å². The third-order valence-electron chi connectivity index (χ3n) is 6.04. The van der Waals surface area contributed by atoms with E-state index >= 15 is 0 Å². The lowest BCUT2D eigenvalue weighted by molar-refractivity contribution is -0.122. The highest BCUT2D eigenvalue weighted by Gasteiger charge is 2.20. The molecule has 0 radical (unpaired) electrons.